The van der Waals surface area contributed by atoms with Gasteiger partial charge in [0.2, 0.25) is 5.91 Å². The average molecular weight is 381 g/mol. The number of amides is 1. The molecule has 0 saturated carbocycles. The van der Waals surface area contributed by atoms with E-state index in [4.69, 9.17) is 4.74 Å². The lowest BCUT2D eigenvalue weighted by molar-refractivity contribution is -0.149. The number of likely N-dealkylation sites (tertiary alicyclic amines) is 1. The molecule has 148 valence electrons. The molecule has 0 unspecified atom stereocenters. The van der Waals surface area contributed by atoms with Crippen LogP contribution in [0.5, 0.6) is 5.75 Å². The van der Waals surface area contributed by atoms with Gasteiger partial charge in [-0.05, 0) is 38.3 Å². The van der Waals surface area contributed by atoms with E-state index in [2.05, 4.69) is 0 Å². The number of para-hydroxylation sites is 1. The third kappa shape index (κ3) is 3.37. The zero-order valence-corrected chi connectivity index (χ0v) is 16.6. The molecule has 2 aromatic rings. The van der Waals surface area contributed by atoms with Crippen molar-refractivity contribution in [1.29, 1.82) is 0 Å². The van der Waals surface area contributed by atoms with Crippen molar-refractivity contribution in [3.63, 3.8) is 0 Å². The number of carbonyl (C=O) groups is 2. The van der Waals surface area contributed by atoms with Gasteiger partial charge in [-0.3, -0.25) is 9.59 Å². The third-order valence-electron chi connectivity index (χ3n) is 5.95. The largest absolute Gasteiger partial charge is 0.496 e. The molecule has 5 nitrogen and oxygen atoms in total. The van der Waals surface area contributed by atoms with Gasteiger partial charge in [0.15, 0.2) is 0 Å². The van der Waals surface area contributed by atoms with Crippen molar-refractivity contribution >= 4 is 11.9 Å². The van der Waals surface area contributed by atoms with Crippen molar-refractivity contribution in [2.75, 3.05) is 20.2 Å². The Hall–Kier alpha value is -2.82. The van der Waals surface area contributed by atoms with Gasteiger partial charge >= 0.3 is 5.97 Å². The smallest absolute Gasteiger partial charge is 0.314 e. The molecule has 0 aromatic heterocycles. The molecule has 0 aliphatic carbocycles. The molecule has 5 heteroatoms. The molecular formula is C23H27NO4. The van der Waals surface area contributed by atoms with Crippen molar-refractivity contribution < 1.29 is 19.4 Å². The summed E-state index contributed by atoms with van der Waals surface area (Å²) >= 11 is 0. The maximum absolute atomic E-state index is 13.3. The van der Waals surface area contributed by atoms with Gasteiger partial charge < -0.3 is 14.7 Å². The van der Waals surface area contributed by atoms with Crippen LogP contribution in [-0.4, -0.2) is 42.1 Å². The Kier molecular flexibility index (Phi) is 5.45. The molecule has 1 fully saturated rings. The fourth-order valence-corrected chi connectivity index (χ4v) is 4.15. The second kappa shape index (κ2) is 7.66. The number of hydrogen-bond donors (Lipinski definition) is 1. The maximum atomic E-state index is 13.3. The van der Waals surface area contributed by atoms with Crippen molar-refractivity contribution in [1.82, 2.24) is 4.90 Å². The number of piperidine rings is 1. The molecule has 0 spiro atoms. The summed E-state index contributed by atoms with van der Waals surface area (Å²) in [5.74, 6) is -0.152. The van der Waals surface area contributed by atoms with Crippen LogP contribution in [0.1, 0.15) is 37.8 Å². The summed E-state index contributed by atoms with van der Waals surface area (Å²) in [6, 6.07) is 16.9. The fraction of sp³-hybridized carbons (Fsp3) is 0.391. The van der Waals surface area contributed by atoms with Gasteiger partial charge in [0.25, 0.3) is 0 Å². The summed E-state index contributed by atoms with van der Waals surface area (Å²) in [6.07, 6.45) is 0.806. The standard InChI is InChI=1S/C23H27NO4/c1-22(2,18-11-7-8-12-19(18)28-3)20(25)24-15-13-23(14-16-24,21(26)27)17-9-5-4-6-10-17/h4-12H,13-16H2,1-3H3,(H,26,27). The lowest BCUT2D eigenvalue weighted by Gasteiger charge is -2.42. The SMILES string of the molecule is COc1ccccc1C(C)(C)C(=O)N1CCC(C(=O)O)(c2ccccc2)CC1. The molecule has 1 amide bonds. The first-order valence-electron chi connectivity index (χ1n) is 9.55. The highest BCUT2D eigenvalue weighted by Gasteiger charge is 2.46. The predicted octanol–water partition coefficient (Wildman–Crippen LogP) is 3.62. The summed E-state index contributed by atoms with van der Waals surface area (Å²) in [5.41, 5.74) is -0.0610. The van der Waals surface area contributed by atoms with Crippen molar-refractivity contribution in [2.45, 2.75) is 37.5 Å². The van der Waals surface area contributed by atoms with Crippen molar-refractivity contribution in [3.8, 4) is 5.75 Å². The number of nitrogens with zero attached hydrogens (tertiary/aromatic N) is 1. The van der Waals surface area contributed by atoms with Crippen LogP contribution < -0.4 is 4.74 Å². The lowest BCUT2D eigenvalue weighted by atomic mass is 9.72. The Balaban J connectivity index is 1.82. The Labute approximate surface area is 165 Å². The Morgan fingerprint density at radius 3 is 2.14 bits per heavy atom. The van der Waals surface area contributed by atoms with Crippen LogP contribution in [0.15, 0.2) is 54.6 Å². The summed E-state index contributed by atoms with van der Waals surface area (Å²) in [5, 5.41) is 9.95. The second-order valence-electron chi connectivity index (χ2n) is 7.87. The van der Waals surface area contributed by atoms with E-state index in [0.717, 1.165) is 11.1 Å². The second-order valence-corrected chi connectivity index (χ2v) is 7.87. The van der Waals surface area contributed by atoms with E-state index in [1.807, 2.05) is 68.4 Å². The summed E-state index contributed by atoms with van der Waals surface area (Å²) in [6.45, 7) is 4.62. The van der Waals surface area contributed by atoms with Crippen molar-refractivity contribution in [2.24, 2.45) is 0 Å². The van der Waals surface area contributed by atoms with Crippen LogP contribution >= 0.6 is 0 Å². The number of carboxylic acid groups (broad SMARTS) is 1. The van der Waals surface area contributed by atoms with Crippen LogP contribution in [-0.2, 0) is 20.4 Å². The molecule has 2 aromatic carbocycles. The molecule has 3 rings (SSSR count). The van der Waals surface area contributed by atoms with Crippen molar-refractivity contribution in [3.05, 3.63) is 65.7 Å². The van der Waals surface area contributed by atoms with Gasteiger partial charge in [-0.15, -0.1) is 0 Å². The first-order valence-corrected chi connectivity index (χ1v) is 9.55. The zero-order valence-electron chi connectivity index (χ0n) is 16.6. The van der Waals surface area contributed by atoms with Gasteiger partial charge in [0, 0.05) is 18.7 Å². The Morgan fingerprint density at radius 1 is 1.00 bits per heavy atom. The van der Waals surface area contributed by atoms with Crippen LogP contribution in [0, 0.1) is 0 Å². The summed E-state index contributed by atoms with van der Waals surface area (Å²) in [7, 11) is 1.60. The lowest BCUT2D eigenvalue weighted by Crippen LogP contribution is -2.52. The Morgan fingerprint density at radius 2 is 1.57 bits per heavy atom. The number of methoxy groups -OCH3 is 1. The first-order chi connectivity index (χ1) is 13.3. The summed E-state index contributed by atoms with van der Waals surface area (Å²) < 4.78 is 5.44. The van der Waals surface area contributed by atoms with E-state index < -0.39 is 16.8 Å². The number of ether oxygens (including phenoxy) is 1. The minimum Gasteiger partial charge on any atom is -0.496 e. The minimum atomic E-state index is -0.938. The van der Waals surface area contributed by atoms with Crippen LogP contribution in [0.2, 0.25) is 0 Å². The molecule has 1 N–H and O–H groups in total. The van der Waals surface area contributed by atoms with E-state index in [9.17, 15) is 14.7 Å². The maximum Gasteiger partial charge on any atom is 0.314 e. The highest BCUT2D eigenvalue weighted by Crippen LogP contribution is 2.38. The molecule has 1 saturated heterocycles. The van der Waals surface area contributed by atoms with E-state index in [1.54, 1.807) is 12.0 Å². The predicted molar refractivity (Wildman–Crippen MR) is 108 cm³/mol. The third-order valence-corrected chi connectivity index (χ3v) is 5.95. The van der Waals surface area contributed by atoms with E-state index in [-0.39, 0.29) is 5.91 Å². The topological polar surface area (TPSA) is 66.8 Å². The van der Waals surface area contributed by atoms with Crippen LogP contribution in [0.25, 0.3) is 0 Å². The molecular weight excluding hydrogens is 354 g/mol. The minimum absolute atomic E-state index is 0.0101. The number of carboxylic acids is 1. The highest BCUT2D eigenvalue weighted by atomic mass is 16.5. The molecule has 0 atom stereocenters. The normalized spacial score (nSPS) is 16.5. The quantitative estimate of drug-likeness (QED) is 0.859. The fourth-order valence-electron chi connectivity index (χ4n) is 4.15. The number of benzene rings is 2. The molecule has 1 aliphatic heterocycles. The van der Waals surface area contributed by atoms with Gasteiger partial charge in [-0.1, -0.05) is 48.5 Å². The monoisotopic (exact) mass is 381 g/mol. The van der Waals surface area contributed by atoms with Gasteiger partial charge in [0.1, 0.15) is 5.75 Å². The molecule has 0 bridgehead atoms. The molecule has 0 radical (unpaired) electrons. The zero-order chi connectivity index (χ0) is 20.4. The van der Waals surface area contributed by atoms with Gasteiger partial charge in [-0.25, -0.2) is 0 Å². The average Bonchev–Trinajstić information content (AvgIpc) is 2.73. The van der Waals surface area contributed by atoms with Gasteiger partial charge in [0.05, 0.1) is 17.9 Å². The number of aliphatic carboxylic acids is 1. The number of carbonyl (C=O) groups excluding carboxylic acids is 1. The molecule has 28 heavy (non-hydrogen) atoms. The highest BCUT2D eigenvalue weighted by molar-refractivity contribution is 5.89. The van der Waals surface area contributed by atoms with E-state index >= 15 is 0 Å². The van der Waals surface area contributed by atoms with E-state index in [0.29, 0.717) is 31.7 Å². The van der Waals surface area contributed by atoms with Gasteiger partial charge in [-0.2, -0.15) is 0 Å². The molecule has 1 heterocycles. The van der Waals surface area contributed by atoms with Crippen LogP contribution in [0.4, 0.5) is 0 Å². The Bertz CT molecular complexity index is 852. The number of hydrogen-bond acceptors (Lipinski definition) is 3. The van der Waals surface area contributed by atoms with Crippen LogP contribution in [0.3, 0.4) is 0 Å². The summed E-state index contributed by atoms with van der Waals surface area (Å²) in [4.78, 5) is 27.3. The number of rotatable bonds is 5. The van der Waals surface area contributed by atoms with E-state index in [1.165, 1.54) is 0 Å². The molecule has 1 aliphatic rings. The first kappa shape index (κ1) is 19.9.